The van der Waals surface area contributed by atoms with Gasteiger partial charge in [0.05, 0.1) is 5.56 Å². The van der Waals surface area contributed by atoms with Crippen molar-refractivity contribution in [1.29, 1.82) is 0 Å². The van der Waals surface area contributed by atoms with Crippen LogP contribution in [0.3, 0.4) is 0 Å². The molecule has 20 heavy (non-hydrogen) atoms. The molecular formula is C13H19F3N4. The lowest BCUT2D eigenvalue weighted by Gasteiger charge is -2.15. The SMILES string of the molecule is CC1CCC(CNc2cc(C(F)(F)F)cc(NN)n2)C1. The molecule has 112 valence electrons. The van der Waals surface area contributed by atoms with Crippen LogP contribution >= 0.6 is 0 Å². The van der Waals surface area contributed by atoms with Crippen molar-refractivity contribution >= 4 is 11.6 Å². The summed E-state index contributed by atoms with van der Waals surface area (Å²) in [5.74, 6) is 6.55. The number of halogens is 3. The number of aromatic nitrogens is 1. The maximum Gasteiger partial charge on any atom is 0.416 e. The minimum atomic E-state index is -4.41. The minimum absolute atomic E-state index is 0.00196. The van der Waals surface area contributed by atoms with Gasteiger partial charge in [-0.3, -0.25) is 0 Å². The smallest absolute Gasteiger partial charge is 0.370 e. The lowest BCUT2D eigenvalue weighted by Crippen LogP contribution is -2.16. The molecule has 1 heterocycles. The number of pyridine rings is 1. The Morgan fingerprint density at radius 2 is 2.00 bits per heavy atom. The summed E-state index contributed by atoms with van der Waals surface area (Å²) in [6, 6.07) is 1.90. The van der Waals surface area contributed by atoms with Crippen molar-refractivity contribution in [3.63, 3.8) is 0 Å². The highest BCUT2D eigenvalue weighted by Crippen LogP contribution is 2.33. The van der Waals surface area contributed by atoms with E-state index in [0.717, 1.165) is 25.0 Å². The van der Waals surface area contributed by atoms with Crippen LogP contribution in [0.15, 0.2) is 12.1 Å². The van der Waals surface area contributed by atoms with Gasteiger partial charge < -0.3 is 10.7 Å². The van der Waals surface area contributed by atoms with Gasteiger partial charge in [0.15, 0.2) is 0 Å². The second-order valence-electron chi connectivity index (χ2n) is 5.43. The van der Waals surface area contributed by atoms with Gasteiger partial charge in [0, 0.05) is 6.54 Å². The van der Waals surface area contributed by atoms with E-state index in [1.807, 2.05) is 0 Å². The van der Waals surface area contributed by atoms with E-state index in [0.29, 0.717) is 18.4 Å². The molecule has 0 saturated heterocycles. The summed E-state index contributed by atoms with van der Waals surface area (Å²) >= 11 is 0. The fourth-order valence-corrected chi connectivity index (χ4v) is 2.62. The highest BCUT2D eigenvalue weighted by molar-refractivity contribution is 5.49. The van der Waals surface area contributed by atoms with Gasteiger partial charge in [-0.1, -0.05) is 13.3 Å². The molecule has 4 nitrogen and oxygen atoms in total. The van der Waals surface area contributed by atoms with Crippen LogP contribution in [0, 0.1) is 11.8 Å². The maximum absolute atomic E-state index is 12.8. The van der Waals surface area contributed by atoms with Crippen molar-refractivity contribution in [2.24, 2.45) is 17.7 Å². The van der Waals surface area contributed by atoms with Gasteiger partial charge in [0.25, 0.3) is 0 Å². The van der Waals surface area contributed by atoms with Gasteiger partial charge in [-0.15, -0.1) is 0 Å². The molecule has 0 aliphatic heterocycles. The third kappa shape index (κ3) is 3.75. The standard InChI is InChI=1S/C13H19F3N4/c1-8-2-3-9(4-8)7-18-11-5-10(13(14,15)16)6-12(19-11)20-17/h5-6,8-9H,2-4,7,17H2,1H3,(H2,18,19,20). The molecular weight excluding hydrogens is 269 g/mol. The largest absolute Gasteiger partial charge is 0.416 e. The Kier molecular flexibility index (Phi) is 4.37. The van der Waals surface area contributed by atoms with Gasteiger partial charge >= 0.3 is 6.18 Å². The van der Waals surface area contributed by atoms with Gasteiger partial charge in [0.1, 0.15) is 11.6 Å². The lowest BCUT2D eigenvalue weighted by atomic mass is 10.1. The van der Waals surface area contributed by atoms with Gasteiger partial charge in [-0.25, -0.2) is 10.8 Å². The summed E-state index contributed by atoms with van der Waals surface area (Å²) in [5.41, 5.74) is 1.40. The second-order valence-corrected chi connectivity index (χ2v) is 5.43. The molecule has 2 rings (SSSR count). The zero-order chi connectivity index (χ0) is 14.8. The third-order valence-corrected chi connectivity index (χ3v) is 3.68. The Balaban J connectivity index is 2.07. The van der Waals surface area contributed by atoms with Crippen LogP contribution in [0.2, 0.25) is 0 Å². The zero-order valence-electron chi connectivity index (χ0n) is 11.3. The molecule has 1 aliphatic rings. The highest BCUT2D eigenvalue weighted by Gasteiger charge is 2.31. The molecule has 2 atom stereocenters. The molecule has 0 aromatic carbocycles. The van der Waals surface area contributed by atoms with E-state index in [-0.39, 0.29) is 11.6 Å². The maximum atomic E-state index is 12.8. The lowest BCUT2D eigenvalue weighted by molar-refractivity contribution is -0.137. The molecule has 1 saturated carbocycles. The van der Waals surface area contributed by atoms with Crippen molar-refractivity contribution in [3.05, 3.63) is 17.7 Å². The van der Waals surface area contributed by atoms with Crippen LogP contribution in [0.5, 0.6) is 0 Å². The quantitative estimate of drug-likeness (QED) is 0.588. The number of nitrogens with zero attached hydrogens (tertiary/aromatic N) is 1. The molecule has 0 bridgehead atoms. The topological polar surface area (TPSA) is 63.0 Å². The van der Waals surface area contributed by atoms with E-state index in [2.05, 4.69) is 22.7 Å². The molecule has 4 N–H and O–H groups in total. The highest BCUT2D eigenvalue weighted by atomic mass is 19.4. The average Bonchev–Trinajstić information content (AvgIpc) is 2.81. The number of hydrogen-bond acceptors (Lipinski definition) is 4. The number of anilines is 2. The number of nitrogens with two attached hydrogens (primary N) is 1. The van der Waals surface area contributed by atoms with E-state index in [9.17, 15) is 13.2 Å². The normalized spacial score (nSPS) is 22.9. The molecule has 0 radical (unpaired) electrons. The summed E-state index contributed by atoms with van der Waals surface area (Å²) < 4.78 is 38.3. The Morgan fingerprint density at radius 3 is 2.55 bits per heavy atom. The van der Waals surface area contributed by atoms with Crippen LogP contribution < -0.4 is 16.6 Å². The number of alkyl halides is 3. The number of hydrazine groups is 1. The predicted molar refractivity (Wildman–Crippen MR) is 72.0 cm³/mol. The average molecular weight is 288 g/mol. The van der Waals surface area contributed by atoms with Gasteiger partial charge in [-0.2, -0.15) is 13.2 Å². The van der Waals surface area contributed by atoms with Gasteiger partial charge in [-0.05, 0) is 36.8 Å². The summed E-state index contributed by atoms with van der Waals surface area (Å²) in [4.78, 5) is 4.00. The second kappa shape index (κ2) is 5.87. The summed E-state index contributed by atoms with van der Waals surface area (Å²) in [7, 11) is 0. The number of hydrogen-bond donors (Lipinski definition) is 3. The van der Waals surface area contributed by atoms with Crippen molar-refractivity contribution < 1.29 is 13.2 Å². The molecule has 1 aromatic heterocycles. The van der Waals surface area contributed by atoms with Crippen molar-refractivity contribution in [2.75, 3.05) is 17.3 Å². The van der Waals surface area contributed by atoms with Crippen LogP contribution in [0.4, 0.5) is 24.8 Å². The first-order chi connectivity index (χ1) is 9.38. The van der Waals surface area contributed by atoms with E-state index >= 15 is 0 Å². The molecule has 1 fully saturated rings. The number of nitrogens with one attached hydrogen (secondary N) is 2. The molecule has 1 aromatic rings. The van der Waals surface area contributed by atoms with Gasteiger partial charge in [0.2, 0.25) is 0 Å². The fraction of sp³-hybridized carbons (Fsp3) is 0.615. The van der Waals surface area contributed by atoms with Crippen LogP contribution in [0.1, 0.15) is 31.7 Å². The zero-order valence-corrected chi connectivity index (χ0v) is 11.3. The van der Waals surface area contributed by atoms with Crippen LogP contribution in [0.25, 0.3) is 0 Å². The number of rotatable bonds is 4. The van der Waals surface area contributed by atoms with Crippen molar-refractivity contribution in [1.82, 2.24) is 4.98 Å². The van der Waals surface area contributed by atoms with Crippen LogP contribution in [-0.2, 0) is 6.18 Å². The Bertz CT molecular complexity index is 461. The Labute approximate surface area is 115 Å². The Hall–Kier alpha value is -1.50. The first-order valence-corrected chi connectivity index (χ1v) is 6.68. The molecule has 7 heteroatoms. The minimum Gasteiger partial charge on any atom is -0.370 e. The van der Waals surface area contributed by atoms with E-state index in [1.165, 1.54) is 6.42 Å². The van der Waals surface area contributed by atoms with E-state index in [1.54, 1.807) is 0 Å². The first kappa shape index (κ1) is 14.9. The molecule has 0 amide bonds. The van der Waals surface area contributed by atoms with Crippen molar-refractivity contribution in [3.8, 4) is 0 Å². The van der Waals surface area contributed by atoms with Crippen LogP contribution in [-0.4, -0.2) is 11.5 Å². The first-order valence-electron chi connectivity index (χ1n) is 6.68. The molecule has 0 spiro atoms. The summed E-state index contributed by atoms with van der Waals surface area (Å²) in [5, 5.41) is 2.99. The van der Waals surface area contributed by atoms with E-state index in [4.69, 9.17) is 5.84 Å². The molecule has 1 aliphatic carbocycles. The predicted octanol–water partition coefficient (Wildman–Crippen LogP) is 3.23. The fourth-order valence-electron chi connectivity index (χ4n) is 2.62. The summed E-state index contributed by atoms with van der Waals surface area (Å²) in [6.07, 6.45) is -1.02. The van der Waals surface area contributed by atoms with E-state index < -0.39 is 11.7 Å². The third-order valence-electron chi connectivity index (χ3n) is 3.68. The van der Waals surface area contributed by atoms with Crippen molar-refractivity contribution in [2.45, 2.75) is 32.4 Å². The molecule has 2 unspecified atom stereocenters. The Morgan fingerprint density at radius 1 is 1.30 bits per heavy atom. The number of nitrogen functional groups attached to an aromatic ring is 1. The monoisotopic (exact) mass is 288 g/mol. The summed E-state index contributed by atoms with van der Waals surface area (Å²) in [6.45, 7) is 2.83.